The van der Waals surface area contributed by atoms with Crippen molar-refractivity contribution < 1.29 is 4.79 Å². The molecule has 2 aromatic rings. The summed E-state index contributed by atoms with van der Waals surface area (Å²) < 4.78 is 0. The molecule has 0 bridgehead atoms. The number of amides is 1. The van der Waals surface area contributed by atoms with Gasteiger partial charge in [-0.25, -0.2) is 0 Å². The Kier molecular flexibility index (Phi) is 3.69. The Balaban J connectivity index is 1.64. The van der Waals surface area contributed by atoms with Crippen LogP contribution in [0, 0.1) is 5.92 Å². The lowest BCUT2D eigenvalue weighted by molar-refractivity contribution is 0.0922. The number of aromatic nitrogens is 2. The summed E-state index contributed by atoms with van der Waals surface area (Å²) in [5.74, 6) is 0.634. The van der Waals surface area contributed by atoms with E-state index < -0.39 is 0 Å². The van der Waals surface area contributed by atoms with E-state index in [0.29, 0.717) is 11.5 Å². The third-order valence-corrected chi connectivity index (χ3v) is 4.22. The Bertz CT molecular complexity index is 599. The van der Waals surface area contributed by atoms with Gasteiger partial charge in [-0.1, -0.05) is 0 Å². The van der Waals surface area contributed by atoms with E-state index >= 15 is 0 Å². The molecule has 1 amide bonds. The minimum Gasteiger partial charge on any atom is -0.349 e. The van der Waals surface area contributed by atoms with Gasteiger partial charge in [-0.05, 0) is 56.3 Å². The topological polar surface area (TPSA) is 83.8 Å². The van der Waals surface area contributed by atoms with Crippen molar-refractivity contribution >= 4 is 16.8 Å². The molecule has 1 aliphatic rings. The Labute approximate surface area is 117 Å². The Morgan fingerprint density at radius 1 is 1.35 bits per heavy atom. The SMILES string of the molecule is NC[C@H]1CC[C@H](NC(=O)c2ccc3[nH]ncc3c2)CC1. The summed E-state index contributed by atoms with van der Waals surface area (Å²) in [5.41, 5.74) is 7.33. The van der Waals surface area contributed by atoms with E-state index in [1.807, 2.05) is 18.2 Å². The maximum Gasteiger partial charge on any atom is 0.251 e. The fourth-order valence-corrected chi connectivity index (χ4v) is 2.90. The van der Waals surface area contributed by atoms with Gasteiger partial charge >= 0.3 is 0 Å². The molecule has 0 radical (unpaired) electrons. The normalized spacial score (nSPS) is 22.9. The molecule has 106 valence electrons. The molecule has 20 heavy (non-hydrogen) atoms. The van der Waals surface area contributed by atoms with Gasteiger partial charge in [0, 0.05) is 17.0 Å². The Morgan fingerprint density at radius 2 is 2.15 bits per heavy atom. The van der Waals surface area contributed by atoms with E-state index in [1.165, 1.54) is 0 Å². The first kappa shape index (κ1) is 13.1. The number of nitrogens with zero attached hydrogens (tertiary/aromatic N) is 1. The highest BCUT2D eigenvalue weighted by atomic mass is 16.1. The summed E-state index contributed by atoms with van der Waals surface area (Å²) >= 11 is 0. The number of aromatic amines is 1. The third-order valence-electron chi connectivity index (χ3n) is 4.22. The second-order valence-corrected chi connectivity index (χ2v) is 5.60. The van der Waals surface area contributed by atoms with Crippen LogP contribution < -0.4 is 11.1 Å². The van der Waals surface area contributed by atoms with Crippen LogP contribution in [0.25, 0.3) is 10.9 Å². The smallest absolute Gasteiger partial charge is 0.251 e. The summed E-state index contributed by atoms with van der Waals surface area (Å²) in [6.45, 7) is 0.762. The standard InChI is InChI=1S/C15H20N4O/c16-8-10-1-4-13(5-2-10)18-15(20)11-3-6-14-12(7-11)9-17-19-14/h3,6-7,9-10,13H,1-2,4-5,8,16H2,(H,17,19)(H,18,20)/t10-,13-. The molecule has 5 heteroatoms. The number of rotatable bonds is 3. The second kappa shape index (κ2) is 5.63. The van der Waals surface area contributed by atoms with Crippen LogP contribution in [0.2, 0.25) is 0 Å². The first-order chi connectivity index (χ1) is 9.76. The maximum atomic E-state index is 12.3. The first-order valence-corrected chi connectivity index (χ1v) is 7.20. The molecule has 3 rings (SSSR count). The van der Waals surface area contributed by atoms with Gasteiger partial charge in [0.15, 0.2) is 0 Å². The predicted molar refractivity (Wildman–Crippen MR) is 78.4 cm³/mol. The number of fused-ring (bicyclic) bond motifs is 1. The zero-order valence-electron chi connectivity index (χ0n) is 11.4. The van der Waals surface area contributed by atoms with Crippen LogP contribution in [0.5, 0.6) is 0 Å². The van der Waals surface area contributed by atoms with Crippen LogP contribution in [-0.2, 0) is 0 Å². The van der Waals surface area contributed by atoms with Crippen molar-refractivity contribution in [2.24, 2.45) is 11.7 Å². The summed E-state index contributed by atoms with van der Waals surface area (Å²) in [4.78, 5) is 12.3. The van der Waals surface area contributed by atoms with Gasteiger partial charge in [0.2, 0.25) is 0 Å². The molecule has 1 aliphatic carbocycles. The number of carbonyl (C=O) groups excluding carboxylic acids is 1. The molecule has 1 saturated carbocycles. The lowest BCUT2D eigenvalue weighted by atomic mass is 9.86. The number of hydrogen-bond donors (Lipinski definition) is 3. The molecule has 5 nitrogen and oxygen atoms in total. The highest BCUT2D eigenvalue weighted by Crippen LogP contribution is 2.23. The third kappa shape index (κ3) is 2.67. The molecule has 0 unspecified atom stereocenters. The summed E-state index contributed by atoms with van der Waals surface area (Å²) in [5, 5.41) is 10.9. The zero-order chi connectivity index (χ0) is 13.9. The molecule has 1 aromatic heterocycles. The molecule has 1 fully saturated rings. The molecule has 0 atom stereocenters. The first-order valence-electron chi connectivity index (χ1n) is 7.20. The van der Waals surface area contributed by atoms with Gasteiger partial charge in [0.1, 0.15) is 0 Å². The van der Waals surface area contributed by atoms with Gasteiger partial charge in [-0.2, -0.15) is 5.10 Å². The minimum atomic E-state index is 0.00398. The second-order valence-electron chi connectivity index (χ2n) is 5.60. The number of hydrogen-bond acceptors (Lipinski definition) is 3. The number of nitrogens with two attached hydrogens (primary N) is 1. The van der Waals surface area contributed by atoms with Crippen LogP contribution in [0.4, 0.5) is 0 Å². The fourth-order valence-electron chi connectivity index (χ4n) is 2.90. The molecule has 1 heterocycles. The Hall–Kier alpha value is -1.88. The van der Waals surface area contributed by atoms with Crippen molar-refractivity contribution in [3.05, 3.63) is 30.0 Å². The molecule has 4 N–H and O–H groups in total. The number of carbonyl (C=O) groups is 1. The zero-order valence-corrected chi connectivity index (χ0v) is 11.4. The largest absolute Gasteiger partial charge is 0.349 e. The van der Waals surface area contributed by atoms with E-state index in [0.717, 1.165) is 43.1 Å². The van der Waals surface area contributed by atoms with E-state index in [2.05, 4.69) is 15.5 Å². The van der Waals surface area contributed by atoms with Crippen molar-refractivity contribution in [3.8, 4) is 0 Å². The van der Waals surface area contributed by atoms with E-state index in [1.54, 1.807) is 6.20 Å². The lowest BCUT2D eigenvalue weighted by Crippen LogP contribution is -2.38. The van der Waals surface area contributed by atoms with E-state index in [4.69, 9.17) is 5.73 Å². The highest BCUT2D eigenvalue weighted by molar-refractivity contribution is 5.97. The predicted octanol–water partition coefficient (Wildman–Crippen LogP) is 1.81. The lowest BCUT2D eigenvalue weighted by Gasteiger charge is -2.28. The summed E-state index contributed by atoms with van der Waals surface area (Å²) in [6, 6.07) is 5.88. The van der Waals surface area contributed by atoms with Crippen molar-refractivity contribution in [2.45, 2.75) is 31.7 Å². The van der Waals surface area contributed by atoms with Gasteiger partial charge in [-0.15, -0.1) is 0 Å². The van der Waals surface area contributed by atoms with Gasteiger partial charge in [-0.3, -0.25) is 9.89 Å². The quantitative estimate of drug-likeness (QED) is 0.796. The molecular weight excluding hydrogens is 252 g/mol. The van der Waals surface area contributed by atoms with Crippen LogP contribution in [0.3, 0.4) is 0 Å². The Morgan fingerprint density at radius 3 is 2.90 bits per heavy atom. The molecule has 1 aromatic carbocycles. The summed E-state index contributed by atoms with van der Waals surface area (Å²) in [7, 11) is 0. The fraction of sp³-hybridized carbons (Fsp3) is 0.467. The number of nitrogens with one attached hydrogen (secondary N) is 2. The number of benzene rings is 1. The van der Waals surface area contributed by atoms with Crippen LogP contribution in [0.15, 0.2) is 24.4 Å². The van der Waals surface area contributed by atoms with Crippen LogP contribution in [0.1, 0.15) is 36.0 Å². The monoisotopic (exact) mass is 272 g/mol. The summed E-state index contributed by atoms with van der Waals surface area (Å²) in [6.07, 6.45) is 6.02. The molecule has 0 spiro atoms. The van der Waals surface area contributed by atoms with Crippen molar-refractivity contribution in [2.75, 3.05) is 6.54 Å². The van der Waals surface area contributed by atoms with E-state index in [9.17, 15) is 4.79 Å². The van der Waals surface area contributed by atoms with Crippen molar-refractivity contribution in [1.82, 2.24) is 15.5 Å². The van der Waals surface area contributed by atoms with Gasteiger partial charge < -0.3 is 11.1 Å². The molecule has 0 aliphatic heterocycles. The maximum absolute atomic E-state index is 12.3. The molecule has 0 saturated heterocycles. The van der Waals surface area contributed by atoms with Crippen LogP contribution >= 0.6 is 0 Å². The molecular formula is C15H20N4O. The van der Waals surface area contributed by atoms with Crippen molar-refractivity contribution in [3.63, 3.8) is 0 Å². The van der Waals surface area contributed by atoms with Crippen molar-refractivity contribution in [1.29, 1.82) is 0 Å². The number of H-pyrrole nitrogens is 1. The highest BCUT2D eigenvalue weighted by Gasteiger charge is 2.21. The van der Waals surface area contributed by atoms with Crippen LogP contribution in [-0.4, -0.2) is 28.7 Å². The van der Waals surface area contributed by atoms with E-state index in [-0.39, 0.29) is 11.9 Å². The van der Waals surface area contributed by atoms with Gasteiger partial charge in [0.05, 0.1) is 11.7 Å². The average Bonchev–Trinajstić information content (AvgIpc) is 2.95. The minimum absolute atomic E-state index is 0.00398. The average molecular weight is 272 g/mol. The van der Waals surface area contributed by atoms with Gasteiger partial charge in [0.25, 0.3) is 5.91 Å².